The molecule has 0 heterocycles. The molecular formula is C48H120ClN16P5. The van der Waals surface area contributed by atoms with E-state index in [2.05, 4.69) is 222 Å². The minimum atomic E-state index is -5.39. The van der Waals surface area contributed by atoms with Gasteiger partial charge in [-0.05, 0) is 0 Å². The molecule has 0 aliphatic rings. The first-order valence-electron chi connectivity index (χ1n) is 28.7. The van der Waals surface area contributed by atoms with Crippen molar-refractivity contribution in [3.63, 3.8) is 0 Å². The topological polar surface area (TPSA) is 88.3 Å². The third kappa shape index (κ3) is 14.4. The van der Waals surface area contributed by atoms with Gasteiger partial charge < -0.3 is 0 Å². The predicted octanol–water partition coefficient (Wildman–Crippen LogP) is 15.2. The summed E-state index contributed by atoms with van der Waals surface area (Å²) in [5.74, 6) is 0. The van der Waals surface area contributed by atoms with Gasteiger partial charge in [0.15, 0.2) is 0 Å². The van der Waals surface area contributed by atoms with Gasteiger partial charge in [-0.2, -0.15) is 0 Å². The van der Waals surface area contributed by atoms with E-state index in [0.717, 1.165) is 157 Å². The standard InChI is InChI=1S/C48H120ClN16P5/c1-25-54(26-2)66(55(27-3)28-4,56(29-5)30-6)50-70(49,51-67(57(31-7)32-8,58(33-9)34-10)59(35-11)36-12,52-68(60(37-13)38-14,61(39-15)40-16)62(41-17)42-18)53-69(63(43-19)44-20,64(45-21)46-22)65(47-23)48-24/h25-48H2,1-24H3. The average molecular weight is 1110 g/mol. The number of nitrogens with zero attached hydrogens (tertiary/aromatic N) is 16. The number of rotatable bonds is 40. The zero-order chi connectivity index (χ0) is 54.2. The van der Waals surface area contributed by atoms with Crippen molar-refractivity contribution in [2.45, 2.75) is 166 Å². The van der Waals surface area contributed by atoms with E-state index in [1.807, 2.05) is 0 Å². The summed E-state index contributed by atoms with van der Waals surface area (Å²) in [5, 5.41) is 0. The van der Waals surface area contributed by atoms with Crippen molar-refractivity contribution in [3.05, 3.63) is 0 Å². The maximum atomic E-state index is 10.1. The van der Waals surface area contributed by atoms with Crippen molar-refractivity contribution in [1.29, 1.82) is 0 Å². The molecule has 22 heteroatoms. The van der Waals surface area contributed by atoms with Crippen molar-refractivity contribution in [2.75, 3.05) is 157 Å². The first-order chi connectivity index (χ1) is 33.4. The van der Waals surface area contributed by atoms with Gasteiger partial charge in [-0.25, -0.2) is 0 Å². The second-order valence-electron chi connectivity index (χ2n) is 17.0. The Morgan fingerprint density at radius 1 is 0.200 bits per heavy atom. The van der Waals surface area contributed by atoms with E-state index in [9.17, 15) is 11.2 Å². The zero-order valence-corrected chi connectivity index (χ0v) is 56.0. The molecule has 0 aromatic carbocycles. The van der Waals surface area contributed by atoms with Crippen LogP contribution in [-0.2, 0) is 0 Å². The Kier molecular flexibility index (Phi) is 34.7. The molecular weight excluding hydrogens is 991 g/mol. The second-order valence-corrected chi connectivity index (χ2v) is 34.4. The molecule has 16 nitrogen and oxygen atoms in total. The molecule has 0 aliphatic carbocycles. The van der Waals surface area contributed by atoms with Crippen molar-refractivity contribution < 1.29 is 0 Å². The molecule has 0 unspecified atom stereocenters. The summed E-state index contributed by atoms with van der Waals surface area (Å²) >= 11 is 10.1. The van der Waals surface area contributed by atoms with Gasteiger partial charge in [0, 0.05) is 0 Å². The molecule has 0 bridgehead atoms. The van der Waals surface area contributed by atoms with Gasteiger partial charge in [0.2, 0.25) is 0 Å². The van der Waals surface area contributed by atoms with Crippen LogP contribution in [0, 0.1) is 0 Å². The van der Waals surface area contributed by atoms with Gasteiger partial charge in [-0.3, -0.25) is 0 Å². The summed E-state index contributed by atoms with van der Waals surface area (Å²) in [7, 11) is -12.2. The van der Waals surface area contributed by atoms with Crippen LogP contribution >= 0.6 is 47.8 Å². The number of halogens is 1. The average Bonchev–Trinajstić information content (AvgIpc) is 3.35. The van der Waals surface area contributed by atoms with E-state index in [0.29, 0.717) is 0 Å². The van der Waals surface area contributed by atoms with Gasteiger partial charge >= 0.3 is 445 Å². The predicted molar refractivity (Wildman–Crippen MR) is 325 cm³/mol. The molecule has 0 radical (unpaired) electrons. The Morgan fingerprint density at radius 2 is 0.271 bits per heavy atom. The summed E-state index contributed by atoms with van der Waals surface area (Å²) in [6.45, 7) is 69.7. The Morgan fingerprint density at radius 3 is 0.329 bits per heavy atom. The fraction of sp³-hybridized carbons (Fsp3) is 1.00. The van der Waals surface area contributed by atoms with E-state index in [4.69, 9.17) is 18.1 Å². The van der Waals surface area contributed by atoms with Crippen LogP contribution < -0.4 is 0 Å². The van der Waals surface area contributed by atoms with Crippen LogP contribution in [0.25, 0.3) is 0 Å². The minimum absolute atomic E-state index is 0.803. The van der Waals surface area contributed by atoms with Crippen LogP contribution in [0.3, 0.4) is 0 Å². The molecule has 70 heavy (non-hydrogen) atoms. The second kappa shape index (κ2) is 34.1. The summed E-state index contributed by atoms with van der Waals surface area (Å²) < 4.78 is 60.4. The zero-order valence-electron chi connectivity index (χ0n) is 50.7. The fourth-order valence-corrected chi connectivity index (χ4v) is 42.5. The summed E-state index contributed by atoms with van der Waals surface area (Å²) in [6.07, 6.45) is 0. The molecule has 0 amide bonds. The first-order valence-corrected chi connectivity index (χ1v) is 38.1. The van der Waals surface area contributed by atoms with Gasteiger partial charge in [0.25, 0.3) is 0 Å². The van der Waals surface area contributed by atoms with Crippen molar-refractivity contribution in [1.82, 2.24) is 56.0 Å². The summed E-state index contributed by atoms with van der Waals surface area (Å²) in [5.41, 5.74) is 0. The van der Waals surface area contributed by atoms with Crippen LogP contribution in [0.1, 0.15) is 166 Å². The molecule has 0 aliphatic heterocycles. The Bertz CT molecular complexity index is 1240. The molecule has 0 rings (SSSR count). The number of hydrogen-bond donors (Lipinski definition) is 0. The van der Waals surface area contributed by atoms with E-state index in [1.165, 1.54) is 0 Å². The SMILES string of the molecule is CCN(CC)P(=NP(Cl)(N=P(N(CC)CC)(N(CC)CC)N(CC)CC)(N=P(N(CC)CC)(N(CC)CC)N(CC)CC)N=P(N(CC)CC)(N(CC)CC)N(CC)CC)(N(CC)CC)N(CC)CC. The molecule has 0 saturated heterocycles. The van der Waals surface area contributed by atoms with Crippen molar-refractivity contribution in [2.24, 2.45) is 18.1 Å². The Balaban J connectivity index is 13.0. The Labute approximate surface area is 443 Å². The summed E-state index contributed by atoms with van der Waals surface area (Å²) in [4.78, 5) is 0. The molecule has 0 spiro atoms. The van der Waals surface area contributed by atoms with E-state index >= 15 is 0 Å². The molecule has 0 aromatic rings. The quantitative estimate of drug-likeness (QED) is 0.0548. The molecule has 0 fully saturated rings. The molecule has 0 aromatic heterocycles. The summed E-state index contributed by atoms with van der Waals surface area (Å²) in [6, 6.07) is 0. The first kappa shape index (κ1) is 71.2. The van der Waals surface area contributed by atoms with E-state index in [1.54, 1.807) is 0 Å². The van der Waals surface area contributed by atoms with Crippen molar-refractivity contribution in [3.8, 4) is 0 Å². The van der Waals surface area contributed by atoms with Gasteiger partial charge in [-0.15, -0.1) is 0 Å². The Hall–Kier alpha value is 1.16. The van der Waals surface area contributed by atoms with Crippen molar-refractivity contribution >= 4 is 47.8 Å². The molecule has 0 N–H and O–H groups in total. The van der Waals surface area contributed by atoms with Crippen LogP contribution in [-0.4, -0.2) is 213 Å². The van der Waals surface area contributed by atoms with Crippen LogP contribution in [0.15, 0.2) is 18.1 Å². The normalized spacial score (nSPS) is 14.4. The third-order valence-corrected chi connectivity index (χ3v) is 41.5. The van der Waals surface area contributed by atoms with Crippen LogP contribution in [0.5, 0.6) is 0 Å². The maximum absolute atomic E-state index is 10.1. The van der Waals surface area contributed by atoms with Gasteiger partial charge in [0.05, 0.1) is 0 Å². The van der Waals surface area contributed by atoms with Gasteiger partial charge in [0.1, 0.15) is 0 Å². The molecule has 0 saturated carbocycles. The van der Waals surface area contributed by atoms with E-state index < -0.39 is 36.6 Å². The third-order valence-electron chi connectivity index (χ3n) is 14.4. The fourth-order valence-electron chi connectivity index (χ4n) is 11.0. The molecule has 424 valence electrons. The number of hydrogen-bond acceptors (Lipinski definition) is 4. The van der Waals surface area contributed by atoms with Crippen LogP contribution in [0.2, 0.25) is 0 Å². The molecule has 0 atom stereocenters. The monoisotopic (exact) mass is 1110 g/mol. The van der Waals surface area contributed by atoms with E-state index in [-0.39, 0.29) is 0 Å². The van der Waals surface area contributed by atoms with Crippen LogP contribution in [0.4, 0.5) is 0 Å². The van der Waals surface area contributed by atoms with Gasteiger partial charge in [-0.1, -0.05) is 0 Å².